The number of halogens is 1. The van der Waals surface area contributed by atoms with Crippen LogP contribution in [0.4, 0.5) is 0 Å². The molecule has 0 radical (unpaired) electrons. The normalized spacial score (nSPS) is 15.8. The summed E-state index contributed by atoms with van der Waals surface area (Å²) in [6.07, 6.45) is 3.76. The van der Waals surface area contributed by atoms with Crippen LogP contribution in [-0.2, 0) is 9.53 Å². The van der Waals surface area contributed by atoms with Gasteiger partial charge in [-0.1, -0.05) is 24.3 Å². The molecule has 0 spiro atoms. The zero-order valence-electron chi connectivity index (χ0n) is 11.7. The van der Waals surface area contributed by atoms with E-state index in [-0.39, 0.29) is 0 Å². The van der Waals surface area contributed by atoms with E-state index >= 15 is 0 Å². The number of thioether (sulfide) groups is 1. The molecule has 0 unspecified atom stereocenters. The largest absolute Gasteiger partial charge is 0.402 e. The van der Waals surface area contributed by atoms with Crippen molar-refractivity contribution in [3.8, 4) is 0 Å². The van der Waals surface area contributed by atoms with E-state index in [9.17, 15) is 4.79 Å². The summed E-state index contributed by atoms with van der Waals surface area (Å²) in [5, 5.41) is 0. The average Bonchev–Trinajstić information content (AvgIpc) is 2.89. The smallest absolute Gasteiger partial charge is 0.363 e. The summed E-state index contributed by atoms with van der Waals surface area (Å²) in [5.41, 5.74) is 1.99. The van der Waals surface area contributed by atoms with E-state index in [4.69, 9.17) is 4.74 Å². The fourth-order valence-corrected chi connectivity index (χ4v) is 2.88. The van der Waals surface area contributed by atoms with Crippen LogP contribution in [0, 0.1) is 0 Å². The second-order valence-electron chi connectivity index (χ2n) is 4.59. The van der Waals surface area contributed by atoms with E-state index in [2.05, 4.69) is 20.9 Å². The third kappa shape index (κ3) is 3.15. The lowest BCUT2D eigenvalue weighted by Crippen LogP contribution is -2.05. The van der Waals surface area contributed by atoms with Gasteiger partial charge in [0.25, 0.3) is 0 Å². The molecule has 2 aromatic carbocycles. The Hall–Kier alpha value is -1.85. The van der Waals surface area contributed by atoms with Crippen molar-refractivity contribution in [2.75, 3.05) is 6.26 Å². The molecule has 0 saturated heterocycles. The number of aliphatic imine (C=N–C) groups is 1. The number of cyclic esters (lactones) is 1. The molecule has 5 heteroatoms. The Morgan fingerprint density at radius 1 is 1.14 bits per heavy atom. The maximum absolute atomic E-state index is 12.0. The first kappa shape index (κ1) is 15.1. The van der Waals surface area contributed by atoms with Crippen LogP contribution in [0.25, 0.3) is 6.08 Å². The summed E-state index contributed by atoms with van der Waals surface area (Å²) >= 11 is 5.11. The number of hydrogen-bond donors (Lipinski definition) is 0. The van der Waals surface area contributed by atoms with Gasteiger partial charge in [-0.2, -0.15) is 0 Å². The van der Waals surface area contributed by atoms with Crippen LogP contribution in [0.15, 0.2) is 68.6 Å². The fraction of sp³-hybridized carbons (Fsp3) is 0.0588. The lowest BCUT2D eigenvalue weighted by Gasteiger charge is -2.01. The summed E-state index contributed by atoms with van der Waals surface area (Å²) in [7, 11) is 0. The summed E-state index contributed by atoms with van der Waals surface area (Å²) in [6.45, 7) is 0. The minimum absolute atomic E-state index is 0.308. The highest BCUT2D eigenvalue weighted by Crippen LogP contribution is 2.24. The van der Waals surface area contributed by atoms with Crippen molar-refractivity contribution < 1.29 is 9.53 Å². The van der Waals surface area contributed by atoms with Crippen molar-refractivity contribution in [3.63, 3.8) is 0 Å². The van der Waals surface area contributed by atoms with Crippen LogP contribution in [0.5, 0.6) is 0 Å². The predicted molar refractivity (Wildman–Crippen MR) is 93.0 cm³/mol. The highest BCUT2D eigenvalue weighted by molar-refractivity contribution is 9.10. The van der Waals surface area contributed by atoms with Crippen LogP contribution in [0.3, 0.4) is 0 Å². The van der Waals surface area contributed by atoms with Gasteiger partial charge in [0.2, 0.25) is 5.90 Å². The minimum Gasteiger partial charge on any atom is -0.402 e. The second kappa shape index (κ2) is 6.50. The lowest BCUT2D eigenvalue weighted by molar-refractivity contribution is -0.129. The van der Waals surface area contributed by atoms with Crippen LogP contribution in [0.1, 0.15) is 11.1 Å². The number of rotatable bonds is 3. The number of carbonyl (C=O) groups is 1. The molecule has 0 aromatic heterocycles. The number of benzene rings is 2. The molecule has 0 saturated carbocycles. The maximum atomic E-state index is 12.0. The highest BCUT2D eigenvalue weighted by atomic mass is 79.9. The third-order valence-corrected chi connectivity index (χ3v) is 4.58. The quantitative estimate of drug-likeness (QED) is 0.451. The molecule has 1 aliphatic rings. The van der Waals surface area contributed by atoms with E-state index in [0.29, 0.717) is 11.6 Å². The SMILES string of the molecule is CSc1ccc(/C=C2\N=C(c3ccccc3Br)OC2=O)cc1. The van der Waals surface area contributed by atoms with Gasteiger partial charge >= 0.3 is 5.97 Å². The number of nitrogens with zero attached hydrogens (tertiary/aromatic N) is 1. The van der Waals surface area contributed by atoms with Crippen molar-refractivity contribution in [2.45, 2.75) is 4.90 Å². The molecule has 1 aliphatic heterocycles. The molecule has 0 fully saturated rings. The van der Waals surface area contributed by atoms with Crippen LogP contribution in [0.2, 0.25) is 0 Å². The number of carbonyl (C=O) groups excluding carboxylic acids is 1. The number of ether oxygens (including phenoxy) is 1. The van der Waals surface area contributed by atoms with E-state index < -0.39 is 5.97 Å². The summed E-state index contributed by atoms with van der Waals surface area (Å²) in [6, 6.07) is 15.4. The monoisotopic (exact) mass is 373 g/mol. The number of hydrogen-bond acceptors (Lipinski definition) is 4. The average molecular weight is 374 g/mol. The lowest BCUT2D eigenvalue weighted by atomic mass is 10.2. The molecule has 0 N–H and O–H groups in total. The molecule has 0 atom stereocenters. The first-order valence-electron chi connectivity index (χ1n) is 6.59. The second-order valence-corrected chi connectivity index (χ2v) is 6.32. The zero-order valence-corrected chi connectivity index (χ0v) is 14.1. The molecule has 3 nitrogen and oxygen atoms in total. The van der Waals surface area contributed by atoms with Crippen LogP contribution >= 0.6 is 27.7 Å². The van der Waals surface area contributed by atoms with Gasteiger partial charge in [0.1, 0.15) is 0 Å². The number of esters is 1. The van der Waals surface area contributed by atoms with Gasteiger partial charge in [-0.25, -0.2) is 9.79 Å². The van der Waals surface area contributed by atoms with E-state index in [1.54, 1.807) is 17.8 Å². The predicted octanol–water partition coefficient (Wildman–Crippen LogP) is 4.52. The highest BCUT2D eigenvalue weighted by Gasteiger charge is 2.25. The third-order valence-electron chi connectivity index (χ3n) is 3.14. The van der Waals surface area contributed by atoms with Crippen molar-refractivity contribution in [3.05, 3.63) is 69.8 Å². The zero-order chi connectivity index (χ0) is 15.5. The Morgan fingerprint density at radius 3 is 2.55 bits per heavy atom. The van der Waals surface area contributed by atoms with Gasteiger partial charge in [0, 0.05) is 9.37 Å². The molecule has 2 aromatic rings. The Bertz CT molecular complexity index is 782. The van der Waals surface area contributed by atoms with Crippen LogP contribution in [-0.4, -0.2) is 18.1 Å². The Labute approximate surface area is 141 Å². The van der Waals surface area contributed by atoms with Crippen molar-refractivity contribution in [1.29, 1.82) is 0 Å². The Kier molecular flexibility index (Phi) is 4.45. The standard InChI is InChI=1S/C17H12BrNO2S/c1-22-12-8-6-11(7-9-12)10-15-17(20)21-16(19-15)13-4-2-3-5-14(13)18/h2-10H,1H3/b15-10-. The molecule has 110 valence electrons. The van der Waals surface area contributed by atoms with E-state index in [1.807, 2.05) is 54.8 Å². The summed E-state index contributed by atoms with van der Waals surface area (Å²) in [5.74, 6) is -0.107. The maximum Gasteiger partial charge on any atom is 0.363 e. The van der Waals surface area contributed by atoms with E-state index in [1.165, 1.54) is 4.90 Å². The van der Waals surface area contributed by atoms with Gasteiger partial charge in [-0.05, 0) is 58.1 Å². The van der Waals surface area contributed by atoms with Crippen molar-refractivity contribution in [2.24, 2.45) is 4.99 Å². The van der Waals surface area contributed by atoms with Crippen LogP contribution < -0.4 is 0 Å². The molecular weight excluding hydrogens is 362 g/mol. The first-order valence-corrected chi connectivity index (χ1v) is 8.60. The van der Waals surface area contributed by atoms with Gasteiger partial charge < -0.3 is 4.74 Å². The van der Waals surface area contributed by atoms with Crippen molar-refractivity contribution in [1.82, 2.24) is 0 Å². The molecule has 0 amide bonds. The van der Waals surface area contributed by atoms with Gasteiger partial charge in [0.05, 0.1) is 5.56 Å². The van der Waals surface area contributed by atoms with E-state index in [0.717, 1.165) is 15.6 Å². The molecule has 22 heavy (non-hydrogen) atoms. The van der Waals surface area contributed by atoms with Gasteiger partial charge in [-0.3, -0.25) is 0 Å². The summed E-state index contributed by atoms with van der Waals surface area (Å²) < 4.78 is 6.11. The fourth-order valence-electron chi connectivity index (χ4n) is 2.02. The molecule has 3 rings (SSSR count). The first-order chi connectivity index (χ1) is 10.7. The minimum atomic E-state index is -0.431. The van der Waals surface area contributed by atoms with Gasteiger partial charge in [0.15, 0.2) is 5.70 Å². The molecule has 0 aliphatic carbocycles. The molecular formula is C17H12BrNO2S. The Morgan fingerprint density at radius 2 is 1.86 bits per heavy atom. The topological polar surface area (TPSA) is 38.7 Å². The van der Waals surface area contributed by atoms with Gasteiger partial charge in [-0.15, -0.1) is 11.8 Å². The summed E-state index contributed by atoms with van der Waals surface area (Å²) in [4.78, 5) is 17.5. The Balaban J connectivity index is 1.92. The molecule has 0 bridgehead atoms. The molecule has 1 heterocycles. The van der Waals surface area contributed by atoms with Crippen molar-refractivity contribution >= 4 is 45.6 Å².